The van der Waals surface area contributed by atoms with Crippen molar-refractivity contribution in [2.75, 3.05) is 0 Å². The van der Waals surface area contributed by atoms with Gasteiger partial charge in [0.2, 0.25) is 5.88 Å². The molecule has 0 amide bonds. The summed E-state index contributed by atoms with van der Waals surface area (Å²) >= 11 is 0. The second-order valence-electron chi connectivity index (χ2n) is 10.4. The summed E-state index contributed by atoms with van der Waals surface area (Å²) in [4.78, 5) is 15.8. The van der Waals surface area contributed by atoms with Crippen LogP contribution in [0.1, 0.15) is 41.5 Å². The molecule has 1 heterocycles. The van der Waals surface area contributed by atoms with E-state index in [0.717, 1.165) is 21.5 Å². The topological polar surface area (TPSA) is 59.4 Å². The van der Waals surface area contributed by atoms with Gasteiger partial charge < -0.3 is 9.84 Å². The Morgan fingerprint density at radius 2 is 1.67 bits per heavy atom. The van der Waals surface area contributed by atoms with Gasteiger partial charge in [-0.3, -0.25) is 4.79 Å². The maximum atomic E-state index is 13.4. The molecule has 1 aromatic heterocycles. The number of ether oxygens (including phenoxy) is 1. The molecule has 0 bridgehead atoms. The van der Waals surface area contributed by atoms with Crippen LogP contribution in [-0.4, -0.2) is 15.9 Å². The normalized spacial score (nSPS) is 11.9. The second-order valence-corrected chi connectivity index (χ2v) is 10.4. The van der Waals surface area contributed by atoms with Crippen LogP contribution in [0.3, 0.4) is 0 Å². The minimum Gasteiger partial charge on any atom is -0.512 e. The summed E-state index contributed by atoms with van der Waals surface area (Å²) in [6.07, 6.45) is 3.04. The van der Waals surface area contributed by atoms with Crippen molar-refractivity contribution in [1.82, 2.24) is 4.98 Å². The number of fused-ring (bicyclic) bond motifs is 3. The molecule has 1 N–H and O–H groups in total. The number of benzene rings is 3. The molecule has 0 atom stereocenters. The molecule has 4 aromatic rings. The number of rotatable bonds is 3. The van der Waals surface area contributed by atoms with Gasteiger partial charge in [0.25, 0.3) is 0 Å². The van der Waals surface area contributed by atoms with Gasteiger partial charge >= 0.3 is 0 Å². The van der Waals surface area contributed by atoms with Crippen molar-refractivity contribution in [3.63, 3.8) is 0 Å². The standard InChI is InChI=1S/C19H11FNO.C11H20O2.Ir/c20-15-8-9-17-14(12-15)7-6-13-10-11-21-19(18(13)17)22-16-4-2-1-3-5-16;1-10(2,3)8(12)7-9(13)11(4,5)6;/h1-4,6-12H;7,12H,1-6H3;/q-1;;/b;8-7-;. The molecule has 0 saturated heterocycles. The van der Waals surface area contributed by atoms with Crippen LogP contribution in [-0.2, 0) is 24.9 Å². The Kier molecular flexibility index (Phi) is 9.53. The van der Waals surface area contributed by atoms with E-state index in [1.807, 2.05) is 77.9 Å². The molecule has 0 aliphatic rings. The summed E-state index contributed by atoms with van der Waals surface area (Å²) in [5.41, 5.74) is -0.764. The van der Waals surface area contributed by atoms with Crippen LogP contribution in [0.2, 0.25) is 0 Å². The van der Waals surface area contributed by atoms with Crippen LogP contribution in [0.25, 0.3) is 21.5 Å². The molecule has 4 rings (SSSR count). The van der Waals surface area contributed by atoms with Gasteiger partial charge in [0.1, 0.15) is 11.6 Å². The van der Waals surface area contributed by atoms with E-state index in [1.54, 1.807) is 18.3 Å². The van der Waals surface area contributed by atoms with E-state index in [4.69, 9.17) is 4.74 Å². The Labute approximate surface area is 225 Å². The van der Waals surface area contributed by atoms with E-state index in [1.165, 1.54) is 18.2 Å². The average molecular weight is 665 g/mol. The molecule has 1 radical (unpaired) electrons. The minimum atomic E-state index is -0.417. The maximum Gasteiger partial charge on any atom is 0.225 e. The van der Waals surface area contributed by atoms with E-state index in [9.17, 15) is 14.3 Å². The molecule has 4 nitrogen and oxygen atoms in total. The Balaban J connectivity index is 0.000000285. The quantitative estimate of drug-likeness (QED) is 0.104. The average Bonchev–Trinajstić information content (AvgIpc) is 2.78. The fourth-order valence-electron chi connectivity index (χ4n) is 3.12. The SMILES string of the molecule is CC(C)(C)C(=O)/C=C(\O)C(C)(C)C.Fc1ccc2c(ccc3ccnc(Oc4[c-]cccc4)c32)c1.[Ir]. The molecule has 0 aliphatic carbocycles. The molecule has 191 valence electrons. The van der Waals surface area contributed by atoms with E-state index < -0.39 is 5.41 Å². The maximum absolute atomic E-state index is 13.4. The van der Waals surface area contributed by atoms with Crippen molar-refractivity contribution in [3.8, 4) is 11.6 Å². The number of aromatic nitrogens is 1. The summed E-state index contributed by atoms with van der Waals surface area (Å²) in [6.45, 7) is 11.1. The largest absolute Gasteiger partial charge is 0.512 e. The van der Waals surface area contributed by atoms with Crippen LogP contribution in [0.5, 0.6) is 11.6 Å². The zero-order valence-corrected chi connectivity index (χ0v) is 23.7. The van der Waals surface area contributed by atoms with Gasteiger partial charge in [-0.15, -0.1) is 12.1 Å². The zero-order valence-electron chi connectivity index (χ0n) is 21.4. The number of carbonyl (C=O) groups excluding carboxylic acids is 1. The summed E-state index contributed by atoms with van der Waals surface area (Å²) in [5, 5.41) is 13.2. The number of para-hydroxylation sites is 1. The number of nitrogens with zero attached hydrogens (tertiary/aromatic N) is 1. The predicted molar refractivity (Wildman–Crippen MR) is 139 cm³/mol. The van der Waals surface area contributed by atoms with Crippen molar-refractivity contribution in [3.05, 3.63) is 90.6 Å². The van der Waals surface area contributed by atoms with Crippen LogP contribution in [0.4, 0.5) is 4.39 Å². The molecular formula is C30H31FIrNO3-. The molecule has 0 unspecified atom stereocenters. The summed E-state index contributed by atoms with van der Waals surface area (Å²) in [7, 11) is 0. The first-order valence-corrected chi connectivity index (χ1v) is 11.4. The molecule has 0 spiro atoms. The molecular weight excluding hydrogens is 634 g/mol. The van der Waals surface area contributed by atoms with Crippen molar-refractivity contribution in [2.45, 2.75) is 41.5 Å². The zero-order chi connectivity index (χ0) is 25.8. The first-order valence-electron chi connectivity index (χ1n) is 11.4. The first-order chi connectivity index (χ1) is 16.4. The van der Waals surface area contributed by atoms with Gasteiger partial charge in [-0.1, -0.05) is 59.7 Å². The van der Waals surface area contributed by atoms with Crippen molar-refractivity contribution in [1.29, 1.82) is 0 Å². The first kappa shape index (κ1) is 29.2. The van der Waals surface area contributed by atoms with Crippen LogP contribution in [0.15, 0.2) is 78.7 Å². The number of allylic oxidation sites excluding steroid dienone is 2. The third kappa shape index (κ3) is 7.46. The smallest absolute Gasteiger partial charge is 0.225 e. The predicted octanol–water partition coefficient (Wildman–Crippen LogP) is 8.21. The summed E-state index contributed by atoms with van der Waals surface area (Å²) in [6, 6.07) is 20.9. The van der Waals surface area contributed by atoms with Gasteiger partial charge in [-0.05, 0) is 34.4 Å². The fourth-order valence-corrected chi connectivity index (χ4v) is 3.12. The fraction of sp³-hybridized carbons (Fsp3) is 0.267. The summed E-state index contributed by atoms with van der Waals surface area (Å²) in [5.74, 6) is 0.945. The molecule has 0 fully saturated rings. The van der Waals surface area contributed by atoms with Crippen molar-refractivity contribution < 1.29 is 39.1 Å². The monoisotopic (exact) mass is 665 g/mol. The minimum absolute atomic E-state index is 0. The van der Waals surface area contributed by atoms with Crippen LogP contribution < -0.4 is 4.74 Å². The Bertz CT molecular complexity index is 1370. The van der Waals surface area contributed by atoms with Gasteiger partial charge in [0.15, 0.2) is 5.78 Å². The third-order valence-corrected chi connectivity index (χ3v) is 5.34. The van der Waals surface area contributed by atoms with E-state index in [-0.39, 0.29) is 42.9 Å². The number of halogens is 1. The van der Waals surface area contributed by atoms with Crippen LogP contribution in [0, 0.1) is 22.7 Å². The molecule has 0 aliphatic heterocycles. The second kappa shape index (κ2) is 11.8. The number of pyridine rings is 1. The van der Waals surface area contributed by atoms with Gasteiger partial charge in [0, 0.05) is 49.0 Å². The van der Waals surface area contributed by atoms with Crippen molar-refractivity contribution >= 4 is 27.3 Å². The molecule has 36 heavy (non-hydrogen) atoms. The summed E-state index contributed by atoms with van der Waals surface area (Å²) < 4.78 is 19.3. The number of aliphatic hydroxyl groups is 1. The Morgan fingerprint density at radius 1 is 0.972 bits per heavy atom. The van der Waals surface area contributed by atoms with Crippen molar-refractivity contribution in [2.24, 2.45) is 10.8 Å². The van der Waals surface area contributed by atoms with E-state index in [0.29, 0.717) is 11.6 Å². The van der Waals surface area contributed by atoms with Gasteiger partial charge in [-0.25, -0.2) is 9.37 Å². The number of ketones is 1. The number of carbonyl (C=O) groups is 1. The number of hydrogen-bond acceptors (Lipinski definition) is 4. The van der Waals surface area contributed by atoms with Gasteiger partial charge in [-0.2, -0.15) is 18.2 Å². The molecule has 3 aromatic carbocycles. The number of hydrogen-bond donors (Lipinski definition) is 1. The molecule has 6 heteroatoms. The van der Waals surface area contributed by atoms with Crippen LogP contribution >= 0.6 is 0 Å². The molecule has 0 saturated carbocycles. The van der Waals surface area contributed by atoms with E-state index in [2.05, 4.69) is 11.1 Å². The number of aliphatic hydroxyl groups excluding tert-OH is 1. The van der Waals surface area contributed by atoms with Gasteiger partial charge in [0.05, 0.1) is 5.39 Å². The Morgan fingerprint density at radius 3 is 2.28 bits per heavy atom. The third-order valence-electron chi connectivity index (χ3n) is 5.34. The van der Waals surface area contributed by atoms with E-state index >= 15 is 0 Å². The Hall–Kier alpha value is -3.08.